The normalized spacial score (nSPS) is 16.8. The maximum atomic E-state index is 13.0. The first kappa shape index (κ1) is 11.3. The fraction of sp³-hybridized carbons (Fsp3) is 0.385. The van der Waals surface area contributed by atoms with E-state index in [1.165, 1.54) is 12.1 Å². The van der Waals surface area contributed by atoms with Crippen LogP contribution in [0.1, 0.15) is 30.3 Å². The number of benzene rings is 1. The zero-order chi connectivity index (χ0) is 12.7. The van der Waals surface area contributed by atoms with Gasteiger partial charge >= 0.3 is 0 Å². The van der Waals surface area contributed by atoms with E-state index in [4.69, 9.17) is 10.3 Å². The Morgan fingerprint density at radius 3 is 2.89 bits per heavy atom. The number of halogens is 1. The van der Waals surface area contributed by atoms with Gasteiger partial charge in [-0.2, -0.15) is 4.98 Å². The Bertz CT molecular complexity index is 577. The van der Waals surface area contributed by atoms with Gasteiger partial charge < -0.3 is 10.3 Å². The summed E-state index contributed by atoms with van der Waals surface area (Å²) in [4.78, 5) is 4.31. The largest absolute Gasteiger partial charge is 0.337 e. The molecule has 0 bridgehead atoms. The molecule has 1 atom stereocenters. The van der Waals surface area contributed by atoms with E-state index in [2.05, 4.69) is 10.1 Å². The Balaban J connectivity index is 1.92. The molecule has 1 heterocycles. The molecule has 0 aliphatic heterocycles. The van der Waals surface area contributed by atoms with Crippen LogP contribution in [0.4, 0.5) is 4.39 Å². The number of nitrogens with two attached hydrogens (primary N) is 1. The third-order valence-electron chi connectivity index (χ3n) is 3.29. The fourth-order valence-corrected chi connectivity index (χ4v) is 2.01. The molecule has 1 unspecified atom stereocenters. The van der Waals surface area contributed by atoms with Crippen molar-refractivity contribution in [3.05, 3.63) is 35.5 Å². The molecule has 1 aliphatic carbocycles. The van der Waals surface area contributed by atoms with Crippen molar-refractivity contribution in [2.24, 2.45) is 11.7 Å². The molecule has 94 valence electrons. The molecule has 1 aliphatic rings. The second kappa shape index (κ2) is 4.17. The van der Waals surface area contributed by atoms with Gasteiger partial charge in [-0.1, -0.05) is 5.16 Å². The molecular formula is C13H14FN3O. The number of rotatable bonds is 3. The Kier molecular flexibility index (Phi) is 2.63. The van der Waals surface area contributed by atoms with Crippen LogP contribution >= 0.6 is 0 Å². The summed E-state index contributed by atoms with van der Waals surface area (Å²) in [7, 11) is 0. The third kappa shape index (κ3) is 2.01. The van der Waals surface area contributed by atoms with Gasteiger partial charge in [0.15, 0.2) is 0 Å². The van der Waals surface area contributed by atoms with Crippen molar-refractivity contribution in [2.45, 2.75) is 25.8 Å². The van der Waals surface area contributed by atoms with E-state index >= 15 is 0 Å². The minimum Gasteiger partial charge on any atom is -0.337 e. The van der Waals surface area contributed by atoms with E-state index in [1.54, 1.807) is 6.07 Å². The van der Waals surface area contributed by atoms with E-state index in [0.717, 1.165) is 24.0 Å². The monoisotopic (exact) mass is 247 g/mol. The van der Waals surface area contributed by atoms with Crippen LogP contribution in [-0.2, 0) is 0 Å². The minimum atomic E-state index is -0.269. The lowest BCUT2D eigenvalue weighted by atomic mass is 10.1. The van der Waals surface area contributed by atoms with E-state index in [0.29, 0.717) is 17.6 Å². The topological polar surface area (TPSA) is 64.9 Å². The number of hydrogen-bond acceptors (Lipinski definition) is 4. The average Bonchev–Trinajstić information content (AvgIpc) is 3.07. The van der Waals surface area contributed by atoms with Crippen LogP contribution < -0.4 is 5.73 Å². The highest BCUT2D eigenvalue weighted by atomic mass is 19.1. The lowest BCUT2D eigenvalue weighted by molar-refractivity contribution is 0.343. The third-order valence-corrected chi connectivity index (χ3v) is 3.29. The summed E-state index contributed by atoms with van der Waals surface area (Å²) in [6.07, 6.45) is 2.24. The van der Waals surface area contributed by atoms with Gasteiger partial charge in [-0.15, -0.1) is 0 Å². The lowest BCUT2D eigenvalue weighted by Crippen LogP contribution is -2.12. The van der Waals surface area contributed by atoms with Gasteiger partial charge in [-0.05, 0) is 49.4 Å². The van der Waals surface area contributed by atoms with Gasteiger partial charge in [-0.25, -0.2) is 4.39 Å². The molecule has 2 N–H and O–H groups in total. The maximum Gasteiger partial charge on any atom is 0.244 e. The van der Waals surface area contributed by atoms with Crippen molar-refractivity contribution in [1.29, 1.82) is 0 Å². The molecule has 3 rings (SSSR count). The molecule has 1 aromatic heterocycles. The summed E-state index contributed by atoms with van der Waals surface area (Å²) < 4.78 is 18.2. The van der Waals surface area contributed by atoms with Crippen LogP contribution in [-0.4, -0.2) is 10.1 Å². The van der Waals surface area contributed by atoms with Gasteiger partial charge in [-0.3, -0.25) is 0 Å². The lowest BCUT2D eigenvalue weighted by Gasteiger charge is -2.02. The van der Waals surface area contributed by atoms with Gasteiger partial charge in [0, 0.05) is 5.56 Å². The van der Waals surface area contributed by atoms with Crippen LogP contribution in [0.5, 0.6) is 0 Å². The SMILES string of the molecule is Cc1cc(F)ccc1-c1noc(C(N)C2CC2)n1. The van der Waals surface area contributed by atoms with Crippen molar-refractivity contribution in [1.82, 2.24) is 10.1 Å². The molecule has 18 heavy (non-hydrogen) atoms. The Labute approximate surface area is 104 Å². The second-order valence-corrected chi connectivity index (χ2v) is 4.78. The molecule has 0 saturated heterocycles. The van der Waals surface area contributed by atoms with Crippen molar-refractivity contribution >= 4 is 0 Å². The average molecular weight is 247 g/mol. The summed E-state index contributed by atoms with van der Waals surface area (Å²) in [6, 6.07) is 4.32. The zero-order valence-corrected chi connectivity index (χ0v) is 10.1. The Morgan fingerprint density at radius 2 is 2.22 bits per heavy atom. The molecule has 5 heteroatoms. The standard InChI is InChI=1S/C13H14FN3O/c1-7-6-9(14)4-5-10(7)12-16-13(18-17-12)11(15)8-2-3-8/h4-6,8,11H,2-3,15H2,1H3. The van der Waals surface area contributed by atoms with Crippen LogP contribution in [0.15, 0.2) is 22.7 Å². The van der Waals surface area contributed by atoms with E-state index in [9.17, 15) is 4.39 Å². The number of aromatic nitrogens is 2. The van der Waals surface area contributed by atoms with Gasteiger partial charge in [0.25, 0.3) is 0 Å². The smallest absolute Gasteiger partial charge is 0.244 e. The quantitative estimate of drug-likeness (QED) is 0.905. The number of aryl methyl sites for hydroxylation is 1. The first-order valence-electron chi connectivity index (χ1n) is 6.01. The summed E-state index contributed by atoms with van der Waals surface area (Å²) in [5.74, 6) is 1.14. The predicted octanol–water partition coefficient (Wildman–Crippen LogP) is 2.59. The molecule has 4 nitrogen and oxygen atoms in total. The van der Waals surface area contributed by atoms with Crippen LogP contribution in [0.3, 0.4) is 0 Å². The predicted molar refractivity (Wildman–Crippen MR) is 64.1 cm³/mol. The van der Waals surface area contributed by atoms with Crippen molar-refractivity contribution in [3.8, 4) is 11.4 Å². The van der Waals surface area contributed by atoms with Gasteiger partial charge in [0.05, 0.1) is 6.04 Å². The summed E-state index contributed by atoms with van der Waals surface area (Å²) in [6.45, 7) is 1.81. The summed E-state index contributed by atoms with van der Waals surface area (Å²) >= 11 is 0. The van der Waals surface area contributed by atoms with E-state index in [-0.39, 0.29) is 11.9 Å². The van der Waals surface area contributed by atoms with Crippen molar-refractivity contribution in [2.75, 3.05) is 0 Å². The Hall–Kier alpha value is -1.75. The molecule has 0 amide bonds. The van der Waals surface area contributed by atoms with Crippen molar-refractivity contribution < 1.29 is 8.91 Å². The second-order valence-electron chi connectivity index (χ2n) is 4.78. The van der Waals surface area contributed by atoms with Crippen LogP contribution in [0.25, 0.3) is 11.4 Å². The molecule has 0 spiro atoms. The summed E-state index contributed by atoms with van der Waals surface area (Å²) in [5.41, 5.74) is 7.55. The van der Waals surface area contributed by atoms with Crippen molar-refractivity contribution in [3.63, 3.8) is 0 Å². The minimum absolute atomic E-state index is 0.174. The van der Waals surface area contributed by atoms with Gasteiger partial charge in [0.2, 0.25) is 11.7 Å². The number of nitrogens with zero attached hydrogens (tertiary/aromatic N) is 2. The molecule has 1 fully saturated rings. The molecule has 1 aromatic carbocycles. The Morgan fingerprint density at radius 1 is 1.44 bits per heavy atom. The van der Waals surface area contributed by atoms with E-state index in [1.807, 2.05) is 6.92 Å². The molecule has 2 aromatic rings. The first-order valence-corrected chi connectivity index (χ1v) is 6.01. The fourth-order valence-electron chi connectivity index (χ4n) is 2.01. The maximum absolute atomic E-state index is 13.0. The summed E-state index contributed by atoms with van der Waals surface area (Å²) in [5, 5.41) is 3.92. The van der Waals surface area contributed by atoms with Crippen LogP contribution in [0, 0.1) is 18.7 Å². The first-order chi connectivity index (χ1) is 8.65. The molecule has 1 saturated carbocycles. The number of hydrogen-bond donors (Lipinski definition) is 1. The molecular weight excluding hydrogens is 233 g/mol. The highest BCUT2D eigenvalue weighted by Crippen LogP contribution is 2.39. The van der Waals surface area contributed by atoms with Crippen LogP contribution in [0.2, 0.25) is 0 Å². The highest BCUT2D eigenvalue weighted by molar-refractivity contribution is 5.59. The molecule has 0 radical (unpaired) electrons. The zero-order valence-electron chi connectivity index (χ0n) is 10.1. The van der Waals surface area contributed by atoms with E-state index < -0.39 is 0 Å². The highest BCUT2D eigenvalue weighted by Gasteiger charge is 2.33. The van der Waals surface area contributed by atoms with Gasteiger partial charge in [0.1, 0.15) is 5.82 Å².